The van der Waals surface area contributed by atoms with Gasteiger partial charge < -0.3 is 15.0 Å². The number of quaternary nitrogens is 1. The average Bonchev–Trinajstić information content (AvgIpc) is 2.79. The van der Waals surface area contributed by atoms with E-state index in [9.17, 15) is 5.11 Å². The van der Waals surface area contributed by atoms with E-state index in [-0.39, 0.29) is 11.6 Å². The Morgan fingerprint density at radius 1 is 1.22 bits per heavy atom. The van der Waals surface area contributed by atoms with Gasteiger partial charge in [0, 0.05) is 16.6 Å². The van der Waals surface area contributed by atoms with E-state index in [0.29, 0.717) is 6.54 Å². The fourth-order valence-electron chi connectivity index (χ4n) is 3.73. The number of aromatic nitrogens is 1. The van der Waals surface area contributed by atoms with Crippen LogP contribution in [0.15, 0.2) is 18.2 Å². The van der Waals surface area contributed by atoms with Gasteiger partial charge in [-0.25, -0.2) is 0 Å². The van der Waals surface area contributed by atoms with Gasteiger partial charge in [0.25, 0.3) is 0 Å². The van der Waals surface area contributed by atoms with Crippen molar-refractivity contribution in [3.8, 4) is 0 Å². The Kier molecular flexibility index (Phi) is 4.52. The molecule has 0 spiro atoms. The molecule has 0 fully saturated rings. The average molecular weight is 315 g/mol. The van der Waals surface area contributed by atoms with E-state index in [1.165, 1.54) is 47.0 Å². The maximum absolute atomic E-state index is 10.5. The lowest BCUT2D eigenvalue weighted by molar-refractivity contribution is -0.722. The second-order valence-electron chi connectivity index (χ2n) is 8.22. The summed E-state index contributed by atoms with van der Waals surface area (Å²) in [6, 6.07) is 6.75. The Morgan fingerprint density at radius 2 is 1.96 bits per heavy atom. The summed E-state index contributed by atoms with van der Waals surface area (Å²) in [7, 11) is 0. The number of nitrogens with zero attached hydrogens (tertiary/aromatic N) is 1. The van der Waals surface area contributed by atoms with E-state index in [1.807, 2.05) is 0 Å². The summed E-state index contributed by atoms with van der Waals surface area (Å²) < 4.78 is 2.39. The zero-order valence-corrected chi connectivity index (χ0v) is 15.0. The third kappa shape index (κ3) is 3.61. The molecule has 0 saturated heterocycles. The zero-order valence-electron chi connectivity index (χ0n) is 15.0. The molecule has 3 nitrogen and oxygen atoms in total. The van der Waals surface area contributed by atoms with Crippen molar-refractivity contribution in [2.75, 3.05) is 6.54 Å². The fraction of sp³-hybridized carbons (Fsp3) is 0.600. The van der Waals surface area contributed by atoms with Gasteiger partial charge in [0.05, 0.1) is 12.1 Å². The molecule has 0 aliphatic heterocycles. The lowest BCUT2D eigenvalue weighted by atomic mass is 9.95. The van der Waals surface area contributed by atoms with Crippen molar-refractivity contribution < 1.29 is 10.4 Å². The van der Waals surface area contributed by atoms with Gasteiger partial charge in [0.1, 0.15) is 12.6 Å². The van der Waals surface area contributed by atoms with Crippen LogP contribution in [0.2, 0.25) is 0 Å². The minimum absolute atomic E-state index is 0.163. The number of aryl methyl sites for hydroxylation is 2. The number of aliphatic hydroxyl groups excluding tert-OH is 1. The van der Waals surface area contributed by atoms with Gasteiger partial charge in [-0.2, -0.15) is 0 Å². The van der Waals surface area contributed by atoms with Gasteiger partial charge in [0.2, 0.25) is 0 Å². The molecular weight excluding hydrogens is 284 g/mol. The van der Waals surface area contributed by atoms with Crippen molar-refractivity contribution in [2.24, 2.45) is 0 Å². The normalized spacial score (nSPS) is 16.6. The monoisotopic (exact) mass is 315 g/mol. The largest absolute Gasteiger partial charge is 0.385 e. The summed E-state index contributed by atoms with van der Waals surface area (Å²) in [6.07, 6.45) is 4.59. The second-order valence-corrected chi connectivity index (χ2v) is 8.22. The maximum Gasteiger partial charge on any atom is 0.121 e. The van der Waals surface area contributed by atoms with E-state index >= 15 is 0 Å². The maximum atomic E-state index is 10.5. The van der Waals surface area contributed by atoms with Gasteiger partial charge >= 0.3 is 0 Å². The van der Waals surface area contributed by atoms with Crippen LogP contribution in [0, 0.1) is 6.92 Å². The molecule has 0 bridgehead atoms. The minimum Gasteiger partial charge on any atom is -0.385 e. The summed E-state index contributed by atoms with van der Waals surface area (Å²) >= 11 is 0. The Hall–Kier alpha value is -1.32. The Bertz CT molecular complexity index is 694. The predicted octanol–water partition coefficient (Wildman–Crippen LogP) is 2.55. The molecule has 1 aromatic carbocycles. The van der Waals surface area contributed by atoms with Crippen molar-refractivity contribution in [1.82, 2.24) is 4.57 Å². The van der Waals surface area contributed by atoms with Gasteiger partial charge in [-0.15, -0.1) is 0 Å². The molecule has 126 valence electrons. The minimum atomic E-state index is -0.308. The molecular formula is C20H31N2O+. The second kappa shape index (κ2) is 6.29. The first-order valence-corrected chi connectivity index (χ1v) is 8.98. The van der Waals surface area contributed by atoms with Crippen LogP contribution in [-0.4, -0.2) is 27.9 Å². The van der Waals surface area contributed by atoms with Crippen molar-refractivity contribution in [3.63, 3.8) is 0 Å². The third-order valence-electron chi connectivity index (χ3n) is 4.93. The molecule has 3 rings (SSSR count). The molecule has 1 aliphatic carbocycles. The molecule has 0 unspecified atom stereocenters. The highest BCUT2D eigenvalue weighted by molar-refractivity contribution is 5.86. The van der Waals surface area contributed by atoms with E-state index < -0.39 is 0 Å². The predicted molar refractivity (Wildman–Crippen MR) is 95.9 cm³/mol. The highest BCUT2D eigenvalue weighted by atomic mass is 16.3. The molecule has 23 heavy (non-hydrogen) atoms. The first kappa shape index (κ1) is 16.5. The van der Waals surface area contributed by atoms with Gasteiger partial charge in [-0.05, 0) is 71.1 Å². The Morgan fingerprint density at radius 3 is 2.70 bits per heavy atom. The van der Waals surface area contributed by atoms with E-state index in [0.717, 1.165) is 13.0 Å². The molecule has 0 radical (unpaired) electrons. The number of aliphatic hydroxyl groups is 1. The first-order valence-electron chi connectivity index (χ1n) is 8.98. The quantitative estimate of drug-likeness (QED) is 0.894. The van der Waals surface area contributed by atoms with Gasteiger partial charge in [-0.1, -0.05) is 11.6 Å². The number of benzene rings is 1. The van der Waals surface area contributed by atoms with Gasteiger partial charge in [-0.3, -0.25) is 0 Å². The number of rotatable bonds is 4. The van der Waals surface area contributed by atoms with Crippen molar-refractivity contribution in [1.29, 1.82) is 0 Å². The summed E-state index contributed by atoms with van der Waals surface area (Å²) in [4.78, 5) is 0. The van der Waals surface area contributed by atoms with E-state index in [4.69, 9.17) is 0 Å². The Balaban J connectivity index is 1.91. The summed E-state index contributed by atoms with van der Waals surface area (Å²) in [6.45, 7) is 10.2. The molecule has 1 aromatic heterocycles. The number of fused-ring (bicyclic) bond motifs is 3. The fourth-order valence-corrected chi connectivity index (χ4v) is 3.73. The number of nitrogens with two attached hydrogens (primary N) is 1. The van der Waals surface area contributed by atoms with Crippen LogP contribution in [0.1, 0.15) is 50.4 Å². The van der Waals surface area contributed by atoms with Crippen LogP contribution < -0.4 is 5.32 Å². The van der Waals surface area contributed by atoms with Crippen LogP contribution in [0.3, 0.4) is 0 Å². The zero-order chi connectivity index (χ0) is 16.6. The highest BCUT2D eigenvalue weighted by Crippen LogP contribution is 2.32. The van der Waals surface area contributed by atoms with Gasteiger partial charge in [0.15, 0.2) is 0 Å². The van der Waals surface area contributed by atoms with Crippen molar-refractivity contribution in [2.45, 2.75) is 71.6 Å². The highest BCUT2D eigenvalue weighted by Gasteiger charge is 2.23. The van der Waals surface area contributed by atoms with E-state index in [2.05, 4.69) is 55.8 Å². The summed E-state index contributed by atoms with van der Waals surface area (Å²) in [5.41, 5.74) is 5.78. The van der Waals surface area contributed by atoms with Crippen LogP contribution in [0.4, 0.5) is 0 Å². The molecule has 1 atom stereocenters. The van der Waals surface area contributed by atoms with Crippen molar-refractivity contribution >= 4 is 10.9 Å². The topological polar surface area (TPSA) is 41.8 Å². The molecule has 2 aromatic rings. The molecule has 1 aliphatic rings. The Labute approximate surface area is 139 Å². The molecule has 3 heteroatoms. The molecule has 0 saturated carbocycles. The standard InChI is InChI=1S/C20H30N2O/c1-14-9-10-19-17(11-14)16-7-5-6-8-18(16)22(19)13-15(23)12-21-20(2,3)4/h9-11,15,21,23H,5-8,12-13H2,1-4H3/p+1/t15-/m0/s1. The lowest BCUT2D eigenvalue weighted by Gasteiger charge is -2.21. The SMILES string of the molecule is Cc1ccc2c(c1)c1c(n2C[C@@H](O)C[NH2+]C(C)(C)C)CCCC1. The number of hydrogen-bond donors (Lipinski definition) is 2. The summed E-state index contributed by atoms with van der Waals surface area (Å²) in [5.74, 6) is 0. The van der Waals surface area contributed by atoms with Crippen molar-refractivity contribution in [3.05, 3.63) is 35.0 Å². The number of hydrogen-bond acceptors (Lipinski definition) is 1. The lowest BCUT2D eigenvalue weighted by Crippen LogP contribution is -2.96. The molecule has 1 heterocycles. The molecule has 3 N–H and O–H groups in total. The van der Waals surface area contributed by atoms with Crippen LogP contribution in [0.5, 0.6) is 0 Å². The van der Waals surface area contributed by atoms with Crippen LogP contribution in [-0.2, 0) is 19.4 Å². The smallest absolute Gasteiger partial charge is 0.121 e. The van der Waals surface area contributed by atoms with E-state index in [1.54, 1.807) is 0 Å². The van der Waals surface area contributed by atoms with Crippen LogP contribution in [0.25, 0.3) is 10.9 Å². The third-order valence-corrected chi connectivity index (χ3v) is 4.93. The van der Waals surface area contributed by atoms with Crippen LogP contribution >= 0.6 is 0 Å². The summed E-state index contributed by atoms with van der Waals surface area (Å²) in [5, 5.41) is 14.2. The first-order chi connectivity index (χ1) is 10.8. The molecule has 0 amide bonds.